The number of methoxy groups -OCH3 is 1. The number of carbonyl (C=O) groups is 1. The fourth-order valence-corrected chi connectivity index (χ4v) is 4.06. The molecule has 0 unspecified atom stereocenters. The zero-order valence-electron chi connectivity index (χ0n) is 12.4. The molecular formula is C17H23NO2. The van der Waals surface area contributed by atoms with Gasteiger partial charge in [-0.05, 0) is 37.3 Å². The van der Waals surface area contributed by atoms with Crippen molar-refractivity contribution in [1.82, 2.24) is 5.32 Å². The number of benzene rings is 1. The van der Waals surface area contributed by atoms with Gasteiger partial charge in [0.15, 0.2) is 0 Å². The molecule has 1 heterocycles. The van der Waals surface area contributed by atoms with E-state index >= 15 is 0 Å². The van der Waals surface area contributed by atoms with Crippen molar-refractivity contribution in [3.8, 4) is 0 Å². The van der Waals surface area contributed by atoms with Gasteiger partial charge in [0.25, 0.3) is 0 Å². The van der Waals surface area contributed by atoms with Crippen molar-refractivity contribution in [2.45, 2.75) is 56.5 Å². The Hall–Kier alpha value is -1.35. The Kier molecular flexibility index (Phi) is 3.33. The minimum atomic E-state index is -0.721. The lowest BCUT2D eigenvalue weighted by Gasteiger charge is -2.49. The number of hydrogen-bond acceptors (Lipinski definition) is 3. The lowest BCUT2D eigenvalue weighted by atomic mass is 9.69. The quantitative estimate of drug-likeness (QED) is 0.800. The minimum Gasteiger partial charge on any atom is -0.467 e. The van der Waals surface area contributed by atoms with Crippen molar-refractivity contribution in [3.05, 3.63) is 35.4 Å². The first-order valence-electron chi connectivity index (χ1n) is 7.56. The number of fused-ring (bicyclic) bond motifs is 1. The molecular weight excluding hydrogens is 250 g/mol. The second kappa shape index (κ2) is 4.88. The van der Waals surface area contributed by atoms with Crippen LogP contribution in [0.4, 0.5) is 0 Å². The first-order valence-corrected chi connectivity index (χ1v) is 7.56. The van der Waals surface area contributed by atoms with Gasteiger partial charge in [-0.1, -0.05) is 43.5 Å². The minimum absolute atomic E-state index is 0.0650. The monoisotopic (exact) mass is 273 g/mol. The maximum absolute atomic E-state index is 12.4. The summed E-state index contributed by atoms with van der Waals surface area (Å²) in [5.41, 5.74) is 1.71. The van der Waals surface area contributed by atoms with Crippen molar-refractivity contribution in [3.63, 3.8) is 0 Å². The van der Waals surface area contributed by atoms with Gasteiger partial charge in [0.2, 0.25) is 0 Å². The predicted molar refractivity (Wildman–Crippen MR) is 78.5 cm³/mol. The van der Waals surface area contributed by atoms with Crippen LogP contribution in [0, 0.1) is 0 Å². The summed E-state index contributed by atoms with van der Waals surface area (Å²) in [7, 11) is 1.47. The SMILES string of the molecule is COC(=O)[C@@]1(C)NC2(CCCCC2)Cc2ccccc21. The summed E-state index contributed by atoms with van der Waals surface area (Å²) < 4.78 is 5.08. The molecule has 0 bridgehead atoms. The van der Waals surface area contributed by atoms with E-state index in [4.69, 9.17) is 4.74 Å². The van der Waals surface area contributed by atoms with E-state index in [1.165, 1.54) is 31.9 Å². The second-order valence-electron chi connectivity index (χ2n) is 6.42. The van der Waals surface area contributed by atoms with Crippen molar-refractivity contribution >= 4 is 5.97 Å². The highest BCUT2D eigenvalue weighted by Crippen LogP contribution is 2.41. The largest absolute Gasteiger partial charge is 0.467 e. The van der Waals surface area contributed by atoms with Crippen LogP contribution in [0.25, 0.3) is 0 Å². The third-order valence-corrected chi connectivity index (χ3v) is 5.00. The first-order chi connectivity index (χ1) is 9.60. The molecule has 0 radical (unpaired) electrons. The van der Waals surface area contributed by atoms with Crippen LogP contribution in [-0.4, -0.2) is 18.6 Å². The smallest absolute Gasteiger partial charge is 0.330 e. The summed E-state index contributed by atoms with van der Waals surface area (Å²) in [5, 5.41) is 3.68. The van der Waals surface area contributed by atoms with Crippen LogP contribution >= 0.6 is 0 Å². The van der Waals surface area contributed by atoms with Crippen LogP contribution in [0.5, 0.6) is 0 Å². The van der Waals surface area contributed by atoms with Gasteiger partial charge in [-0.3, -0.25) is 5.32 Å². The van der Waals surface area contributed by atoms with Gasteiger partial charge >= 0.3 is 5.97 Å². The van der Waals surface area contributed by atoms with Crippen LogP contribution in [0.2, 0.25) is 0 Å². The van der Waals surface area contributed by atoms with E-state index in [1.54, 1.807) is 0 Å². The summed E-state index contributed by atoms with van der Waals surface area (Å²) in [5.74, 6) is -0.186. The maximum atomic E-state index is 12.4. The molecule has 1 aromatic carbocycles. The number of carbonyl (C=O) groups excluding carboxylic acids is 1. The van der Waals surface area contributed by atoms with Crippen LogP contribution in [0.15, 0.2) is 24.3 Å². The summed E-state index contributed by atoms with van der Waals surface area (Å²) >= 11 is 0. The number of esters is 1. The van der Waals surface area contributed by atoms with Crippen molar-refractivity contribution in [2.24, 2.45) is 0 Å². The maximum Gasteiger partial charge on any atom is 0.330 e. The van der Waals surface area contributed by atoms with E-state index in [1.807, 2.05) is 13.0 Å². The molecule has 1 spiro atoms. The molecule has 1 aromatic rings. The molecule has 1 aliphatic heterocycles. The molecule has 1 aliphatic carbocycles. The number of rotatable bonds is 1. The molecule has 1 N–H and O–H groups in total. The average molecular weight is 273 g/mol. The topological polar surface area (TPSA) is 38.3 Å². The summed E-state index contributed by atoms with van der Waals surface area (Å²) in [6.45, 7) is 1.97. The van der Waals surface area contributed by atoms with Crippen LogP contribution in [0.3, 0.4) is 0 Å². The van der Waals surface area contributed by atoms with Gasteiger partial charge in [0.1, 0.15) is 5.54 Å². The number of ether oxygens (including phenoxy) is 1. The Bertz CT molecular complexity index is 519. The van der Waals surface area contributed by atoms with Crippen LogP contribution in [-0.2, 0) is 21.5 Å². The van der Waals surface area contributed by atoms with E-state index in [9.17, 15) is 4.79 Å². The van der Waals surface area contributed by atoms with Crippen LogP contribution < -0.4 is 5.32 Å². The summed E-state index contributed by atoms with van der Waals surface area (Å²) in [6.07, 6.45) is 7.11. The molecule has 1 fully saturated rings. The van der Waals surface area contributed by atoms with Crippen LogP contribution in [0.1, 0.15) is 50.2 Å². The molecule has 108 valence electrons. The first kappa shape index (κ1) is 13.6. The Labute approximate surface area is 120 Å². The number of nitrogens with one attached hydrogen (secondary N) is 1. The molecule has 3 heteroatoms. The van der Waals surface area contributed by atoms with E-state index in [-0.39, 0.29) is 11.5 Å². The van der Waals surface area contributed by atoms with Crippen molar-refractivity contribution < 1.29 is 9.53 Å². The van der Waals surface area contributed by atoms with Gasteiger partial charge in [0.05, 0.1) is 7.11 Å². The van der Waals surface area contributed by atoms with Crippen molar-refractivity contribution in [2.75, 3.05) is 7.11 Å². The predicted octanol–water partition coefficient (Wildman–Crippen LogP) is 2.92. The van der Waals surface area contributed by atoms with Crippen molar-refractivity contribution in [1.29, 1.82) is 0 Å². The zero-order valence-corrected chi connectivity index (χ0v) is 12.4. The third kappa shape index (κ3) is 2.05. The highest BCUT2D eigenvalue weighted by atomic mass is 16.5. The van der Waals surface area contributed by atoms with Gasteiger partial charge in [-0.25, -0.2) is 4.79 Å². The molecule has 2 aliphatic rings. The molecule has 1 atom stereocenters. The Morgan fingerprint density at radius 1 is 1.20 bits per heavy atom. The Morgan fingerprint density at radius 2 is 1.90 bits per heavy atom. The van der Waals surface area contributed by atoms with Gasteiger partial charge < -0.3 is 4.74 Å². The Morgan fingerprint density at radius 3 is 2.60 bits per heavy atom. The second-order valence-corrected chi connectivity index (χ2v) is 6.42. The Balaban J connectivity index is 2.07. The zero-order chi connectivity index (χ0) is 14.2. The van der Waals surface area contributed by atoms with Gasteiger partial charge in [-0.2, -0.15) is 0 Å². The fraction of sp³-hybridized carbons (Fsp3) is 0.588. The highest BCUT2D eigenvalue weighted by molar-refractivity contribution is 5.83. The third-order valence-electron chi connectivity index (χ3n) is 5.00. The molecule has 20 heavy (non-hydrogen) atoms. The highest BCUT2D eigenvalue weighted by Gasteiger charge is 2.49. The lowest BCUT2D eigenvalue weighted by Crippen LogP contribution is -2.63. The van der Waals surface area contributed by atoms with E-state index in [2.05, 4.69) is 23.5 Å². The summed E-state index contributed by atoms with van der Waals surface area (Å²) in [6, 6.07) is 8.28. The standard InChI is InChI=1S/C17H23NO2/c1-16(15(19)20-2)14-9-5-4-8-13(14)12-17(18-16)10-6-3-7-11-17/h4-5,8-9,18H,3,6-7,10-12H2,1-2H3/t16-/m0/s1. The molecule has 3 nitrogen and oxygen atoms in total. The average Bonchev–Trinajstić information content (AvgIpc) is 2.47. The van der Waals surface area contributed by atoms with Gasteiger partial charge in [0, 0.05) is 5.54 Å². The molecule has 0 saturated heterocycles. The van der Waals surface area contributed by atoms with E-state index in [0.29, 0.717) is 0 Å². The summed E-state index contributed by atoms with van der Waals surface area (Å²) in [4.78, 5) is 12.4. The van der Waals surface area contributed by atoms with Gasteiger partial charge in [-0.15, -0.1) is 0 Å². The van der Waals surface area contributed by atoms with E-state index < -0.39 is 5.54 Å². The fourth-order valence-electron chi connectivity index (χ4n) is 4.06. The molecule has 3 rings (SSSR count). The normalized spacial score (nSPS) is 27.9. The molecule has 0 amide bonds. The number of hydrogen-bond donors (Lipinski definition) is 1. The molecule has 1 saturated carbocycles. The molecule has 0 aromatic heterocycles. The lowest BCUT2D eigenvalue weighted by molar-refractivity contribution is -0.150. The van der Waals surface area contributed by atoms with E-state index in [0.717, 1.165) is 24.8 Å².